The number of benzene rings is 2. The first-order valence-electron chi connectivity index (χ1n) is 8.91. The highest BCUT2D eigenvalue weighted by atomic mass is 19.1. The van der Waals surface area contributed by atoms with Crippen LogP contribution in [0.3, 0.4) is 0 Å². The van der Waals surface area contributed by atoms with Gasteiger partial charge in [0.05, 0.1) is 22.8 Å². The van der Waals surface area contributed by atoms with Gasteiger partial charge in [-0.3, -0.25) is 4.79 Å². The molecule has 0 saturated carbocycles. The Morgan fingerprint density at radius 1 is 1.11 bits per heavy atom. The number of halogens is 1. The molecule has 0 amide bonds. The first kappa shape index (κ1) is 20.1. The minimum Gasteiger partial charge on any atom is -0.454 e. The summed E-state index contributed by atoms with van der Waals surface area (Å²) in [7, 11) is -0.750. The molecule has 0 spiro atoms. The molecule has 1 heterocycles. The summed E-state index contributed by atoms with van der Waals surface area (Å²) >= 11 is 0. The Balaban J connectivity index is 2.02. The molecule has 1 aliphatic heterocycles. The molecule has 2 aromatic rings. The molecule has 0 aromatic heterocycles. The van der Waals surface area contributed by atoms with Crippen LogP contribution in [0.15, 0.2) is 30.3 Å². The average Bonchev–Trinajstić information content (AvgIpc) is 2.84. The molecule has 1 aliphatic rings. The summed E-state index contributed by atoms with van der Waals surface area (Å²) in [4.78, 5) is 11.6. The maximum Gasteiger partial charge on any atom is 0.495 e. The Kier molecular flexibility index (Phi) is 5.05. The van der Waals surface area contributed by atoms with Gasteiger partial charge in [0.25, 0.3) is 0 Å². The maximum atomic E-state index is 14.2. The topological polar surface area (TPSA) is 68.5 Å². The van der Waals surface area contributed by atoms with Gasteiger partial charge >= 0.3 is 7.12 Å². The number of hydrogen-bond acceptors (Lipinski definition) is 5. The van der Waals surface area contributed by atoms with Crippen LogP contribution in [0.2, 0.25) is 0 Å². The van der Waals surface area contributed by atoms with E-state index in [9.17, 15) is 9.18 Å². The first-order chi connectivity index (χ1) is 13.1. The summed E-state index contributed by atoms with van der Waals surface area (Å²) in [6.45, 7) is 9.47. The van der Waals surface area contributed by atoms with Crippen molar-refractivity contribution in [1.29, 1.82) is 5.26 Å². The van der Waals surface area contributed by atoms with Crippen LogP contribution in [0.4, 0.5) is 4.39 Å². The molecular weight excluding hydrogens is 360 g/mol. The Bertz CT molecular complexity index is 965. The number of rotatable bonds is 4. The summed E-state index contributed by atoms with van der Waals surface area (Å²) in [6, 6.07) is 9.06. The van der Waals surface area contributed by atoms with Crippen LogP contribution in [0.25, 0.3) is 0 Å². The summed E-state index contributed by atoms with van der Waals surface area (Å²) in [6.07, 6.45) is 0.736. The van der Waals surface area contributed by atoms with E-state index >= 15 is 0 Å². The number of carbonyl (C=O) groups is 1. The largest absolute Gasteiger partial charge is 0.495 e. The van der Waals surface area contributed by atoms with Gasteiger partial charge in [-0.2, -0.15) is 5.26 Å². The normalized spacial score (nSPS) is 17.2. The van der Waals surface area contributed by atoms with E-state index in [2.05, 4.69) is 0 Å². The van der Waals surface area contributed by atoms with E-state index in [1.807, 2.05) is 33.8 Å². The van der Waals surface area contributed by atoms with Gasteiger partial charge in [0.15, 0.2) is 11.6 Å². The van der Waals surface area contributed by atoms with Crippen molar-refractivity contribution in [3.05, 3.63) is 52.8 Å². The molecule has 1 saturated heterocycles. The summed E-state index contributed by atoms with van der Waals surface area (Å²) < 4.78 is 32.1. The maximum absolute atomic E-state index is 14.2. The molecule has 144 valence electrons. The summed E-state index contributed by atoms with van der Waals surface area (Å²) in [5.74, 6) is -0.283. The minimum absolute atomic E-state index is 0.0131. The molecule has 0 bridgehead atoms. The monoisotopic (exact) mass is 381 g/mol. The van der Waals surface area contributed by atoms with Crippen LogP contribution < -0.4 is 10.2 Å². The minimum atomic E-state index is -0.750. The van der Waals surface area contributed by atoms with Gasteiger partial charge in [0.1, 0.15) is 12.0 Å². The van der Waals surface area contributed by atoms with Crippen molar-refractivity contribution in [2.45, 2.75) is 45.8 Å². The Morgan fingerprint density at radius 2 is 1.71 bits per heavy atom. The molecule has 7 heteroatoms. The van der Waals surface area contributed by atoms with E-state index in [1.165, 1.54) is 12.1 Å². The lowest BCUT2D eigenvalue weighted by Gasteiger charge is -2.32. The van der Waals surface area contributed by atoms with Crippen LogP contribution in [0, 0.1) is 24.1 Å². The lowest BCUT2D eigenvalue weighted by molar-refractivity contribution is 0.00578. The molecule has 28 heavy (non-hydrogen) atoms. The average molecular weight is 381 g/mol. The van der Waals surface area contributed by atoms with E-state index in [-0.39, 0.29) is 11.3 Å². The molecule has 0 atom stereocenters. The van der Waals surface area contributed by atoms with Crippen molar-refractivity contribution in [1.82, 2.24) is 0 Å². The third-order valence-electron chi connectivity index (χ3n) is 5.40. The van der Waals surface area contributed by atoms with E-state index in [0.29, 0.717) is 22.3 Å². The molecule has 0 aliphatic carbocycles. The van der Waals surface area contributed by atoms with Crippen LogP contribution in [0.5, 0.6) is 11.5 Å². The van der Waals surface area contributed by atoms with Crippen molar-refractivity contribution in [3.8, 4) is 17.6 Å². The highest BCUT2D eigenvalue weighted by Crippen LogP contribution is 2.38. The third-order valence-corrected chi connectivity index (χ3v) is 5.40. The zero-order chi connectivity index (χ0) is 20.7. The van der Waals surface area contributed by atoms with E-state index in [4.69, 9.17) is 19.3 Å². The van der Waals surface area contributed by atoms with Gasteiger partial charge < -0.3 is 14.0 Å². The first-order valence-corrected chi connectivity index (χ1v) is 8.91. The molecule has 2 aromatic carbocycles. The van der Waals surface area contributed by atoms with E-state index in [0.717, 1.165) is 12.4 Å². The number of carbonyl (C=O) groups excluding carboxylic acids is 1. The zero-order valence-corrected chi connectivity index (χ0v) is 16.5. The second-order valence-corrected chi connectivity index (χ2v) is 7.76. The van der Waals surface area contributed by atoms with Gasteiger partial charge in [-0.15, -0.1) is 0 Å². The molecule has 0 radical (unpaired) electrons. The fourth-order valence-corrected chi connectivity index (χ4v) is 2.99. The standard InChI is InChI=1S/C21H21BFNO4/c1-13-17(26-18-8-6-14(11-24)10-16(18)23)9-7-15(12-25)19(13)22-27-20(2,3)21(4,5)28-22/h6-10,12H,1-5H3. The smallest absolute Gasteiger partial charge is 0.454 e. The van der Waals surface area contributed by atoms with Gasteiger partial charge in [-0.1, -0.05) is 0 Å². The molecule has 1 fully saturated rings. The van der Waals surface area contributed by atoms with Crippen LogP contribution in [-0.2, 0) is 9.31 Å². The van der Waals surface area contributed by atoms with Crippen molar-refractivity contribution < 1.29 is 23.2 Å². The fourth-order valence-electron chi connectivity index (χ4n) is 2.99. The molecule has 5 nitrogen and oxygen atoms in total. The fraction of sp³-hybridized carbons (Fsp3) is 0.333. The lowest BCUT2D eigenvalue weighted by atomic mass is 9.73. The van der Waals surface area contributed by atoms with Gasteiger partial charge in [0.2, 0.25) is 0 Å². The molecule has 0 N–H and O–H groups in total. The number of hydrogen-bond donors (Lipinski definition) is 0. The van der Waals surface area contributed by atoms with Gasteiger partial charge in [-0.05, 0) is 76.0 Å². The quantitative estimate of drug-likeness (QED) is 0.593. The van der Waals surface area contributed by atoms with E-state index in [1.54, 1.807) is 19.1 Å². The van der Waals surface area contributed by atoms with Crippen LogP contribution in [0.1, 0.15) is 49.2 Å². The highest BCUT2D eigenvalue weighted by molar-refractivity contribution is 6.64. The molecule has 0 unspecified atom stereocenters. The number of nitrogens with zero attached hydrogens (tertiary/aromatic N) is 1. The Morgan fingerprint density at radius 3 is 2.25 bits per heavy atom. The van der Waals surface area contributed by atoms with Crippen LogP contribution in [-0.4, -0.2) is 24.6 Å². The Hall–Kier alpha value is -2.69. The van der Waals surface area contributed by atoms with Crippen molar-refractivity contribution >= 4 is 18.9 Å². The SMILES string of the molecule is Cc1c(Oc2ccc(C#N)cc2F)ccc(C=O)c1B1OC(C)(C)C(C)(C)O1. The van der Waals surface area contributed by atoms with Crippen molar-refractivity contribution in [2.24, 2.45) is 0 Å². The third kappa shape index (κ3) is 3.41. The molecular formula is C21H21BFNO4. The number of aldehydes is 1. The lowest BCUT2D eigenvalue weighted by Crippen LogP contribution is -2.41. The van der Waals surface area contributed by atoms with Crippen LogP contribution >= 0.6 is 0 Å². The number of ether oxygens (including phenoxy) is 1. The van der Waals surface area contributed by atoms with Crippen molar-refractivity contribution in [2.75, 3.05) is 0 Å². The highest BCUT2D eigenvalue weighted by Gasteiger charge is 2.52. The van der Waals surface area contributed by atoms with Gasteiger partial charge in [0, 0.05) is 5.56 Å². The van der Waals surface area contributed by atoms with Gasteiger partial charge in [-0.25, -0.2) is 4.39 Å². The summed E-state index contributed by atoms with van der Waals surface area (Å²) in [5.41, 5.74) is 0.659. The number of nitriles is 1. The summed E-state index contributed by atoms with van der Waals surface area (Å²) in [5, 5.41) is 8.87. The zero-order valence-electron chi connectivity index (χ0n) is 16.5. The second kappa shape index (κ2) is 7.04. The predicted molar refractivity (Wildman–Crippen MR) is 103 cm³/mol. The van der Waals surface area contributed by atoms with E-state index < -0.39 is 24.1 Å². The second-order valence-electron chi connectivity index (χ2n) is 7.76. The van der Waals surface area contributed by atoms with Crippen molar-refractivity contribution in [3.63, 3.8) is 0 Å². The predicted octanol–water partition coefficient (Wildman–Crippen LogP) is 3.91. The molecule has 3 rings (SSSR count). The Labute approximate surface area is 164 Å².